The van der Waals surface area contributed by atoms with Crippen molar-refractivity contribution in [3.63, 3.8) is 0 Å². The van der Waals surface area contributed by atoms with Crippen molar-refractivity contribution in [1.29, 1.82) is 0 Å². The number of para-hydroxylation sites is 1. The zero-order valence-electron chi connectivity index (χ0n) is 14.9. The van der Waals surface area contributed by atoms with Crippen molar-refractivity contribution in [2.24, 2.45) is 0 Å². The number of hydrogen-bond donors (Lipinski definition) is 0. The van der Waals surface area contributed by atoms with Gasteiger partial charge in [-0.15, -0.1) is 10.2 Å². The SMILES string of the molecule is [O-][Cl+3]([O-])([O-])[O-].c1ccc(-c2c[n+](-c3ccccc3)sc2N2CCOCC2)cc1. The molecule has 1 aliphatic rings. The Hall–Kier alpha value is -2.04. The Balaban J connectivity index is 0.000000403. The molecule has 2 aromatic carbocycles. The molecule has 2 heterocycles. The molecule has 0 spiro atoms. The summed E-state index contributed by atoms with van der Waals surface area (Å²) in [7, 11) is -4.94. The topological polar surface area (TPSA) is 109 Å². The van der Waals surface area contributed by atoms with E-state index in [1.807, 2.05) is 0 Å². The lowest BCUT2D eigenvalue weighted by Crippen LogP contribution is -2.68. The van der Waals surface area contributed by atoms with Gasteiger partial charge in [-0.25, -0.2) is 18.6 Å². The van der Waals surface area contributed by atoms with E-state index in [0.29, 0.717) is 0 Å². The van der Waals surface area contributed by atoms with E-state index < -0.39 is 10.2 Å². The van der Waals surface area contributed by atoms with E-state index in [0.717, 1.165) is 26.3 Å². The van der Waals surface area contributed by atoms with E-state index in [1.54, 1.807) is 11.5 Å². The summed E-state index contributed by atoms with van der Waals surface area (Å²) in [6.45, 7) is 3.51. The van der Waals surface area contributed by atoms with Gasteiger partial charge in [0.2, 0.25) is 11.9 Å². The van der Waals surface area contributed by atoms with Crippen LogP contribution in [0.1, 0.15) is 0 Å². The quantitative estimate of drug-likeness (QED) is 0.489. The smallest absolute Gasteiger partial charge is 0.224 e. The first kappa shape index (κ1) is 20.7. The van der Waals surface area contributed by atoms with Crippen molar-refractivity contribution >= 4 is 16.5 Å². The van der Waals surface area contributed by atoms with Crippen LogP contribution in [0.5, 0.6) is 0 Å². The Morgan fingerprint density at radius 2 is 1.39 bits per heavy atom. The second-order valence-electron chi connectivity index (χ2n) is 5.94. The van der Waals surface area contributed by atoms with E-state index in [-0.39, 0.29) is 0 Å². The Kier molecular flexibility index (Phi) is 6.97. The number of hydrogen-bond acceptors (Lipinski definition) is 7. The molecule has 3 aromatic rings. The molecule has 4 rings (SSSR count). The highest BCUT2D eigenvalue weighted by Crippen LogP contribution is 2.34. The molecule has 0 atom stereocenters. The highest BCUT2D eigenvalue weighted by molar-refractivity contribution is 7.07. The molecule has 0 amide bonds. The average Bonchev–Trinajstić information content (AvgIpc) is 3.14. The minimum Gasteiger partial charge on any atom is -0.378 e. The van der Waals surface area contributed by atoms with Gasteiger partial charge >= 0.3 is 0 Å². The van der Waals surface area contributed by atoms with E-state index in [9.17, 15) is 0 Å². The van der Waals surface area contributed by atoms with Crippen LogP contribution in [0.25, 0.3) is 16.8 Å². The van der Waals surface area contributed by atoms with Crippen molar-refractivity contribution in [1.82, 2.24) is 0 Å². The molecular formula is C19H19ClN2O5S. The van der Waals surface area contributed by atoms with Crippen molar-refractivity contribution in [2.75, 3.05) is 31.2 Å². The van der Waals surface area contributed by atoms with Gasteiger partial charge in [-0.1, -0.05) is 52.5 Å². The molecule has 0 N–H and O–H groups in total. The minimum atomic E-state index is -4.94. The monoisotopic (exact) mass is 422 g/mol. The first-order valence-corrected chi connectivity index (χ1v) is 10.5. The molecule has 1 fully saturated rings. The van der Waals surface area contributed by atoms with Gasteiger partial charge in [0, 0.05) is 25.2 Å². The molecule has 9 heteroatoms. The first-order chi connectivity index (χ1) is 13.4. The van der Waals surface area contributed by atoms with E-state index >= 15 is 0 Å². The summed E-state index contributed by atoms with van der Waals surface area (Å²) in [5, 5.41) is 1.32. The van der Waals surface area contributed by atoms with Crippen LogP contribution in [0, 0.1) is 10.2 Å². The Morgan fingerprint density at radius 1 is 0.857 bits per heavy atom. The van der Waals surface area contributed by atoms with Crippen molar-refractivity contribution in [2.45, 2.75) is 0 Å². The minimum absolute atomic E-state index is 0.803. The predicted octanol–water partition coefficient (Wildman–Crippen LogP) is -1.23. The summed E-state index contributed by atoms with van der Waals surface area (Å²) in [4.78, 5) is 2.44. The van der Waals surface area contributed by atoms with Crippen molar-refractivity contribution < 1.29 is 37.6 Å². The largest absolute Gasteiger partial charge is 0.378 e. The van der Waals surface area contributed by atoms with Gasteiger partial charge in [0.15, 0.2) is 16.5 Å². The third-order valence-corrected chi connectivity index (χ3v) is 5.22. The standard InChI is InChI=1S/C19H19N2OS.ClHO4/c1-3-7-16(8-4-1)18-15-21(17-9-5-2-6-10-17)23-19(18)20-11-13-22-14-12-20;2-1(3,4)5/h1-10,15H,11-14H2;(H,2,3,4,5)/q+1;/p-1. The maximum Gasteiger partial charge on any atom is 0.224 e. The predicted molar refractivity (Wildman–Crippen MR) is 94.3 cm³/mol. The van der Waals surface area contributed by atoms with Crippen LogP contribution in [0.4, 0.5) is 5.00 Å². The van der Waals surface area contributed by atoms with E-state index in [4.69, 9.17) is 23.4 Å². The van der Waals surface area contributed by atoms with Crippen molar-refractivity contribution in [3.8, 4) is 16.8 Å². The lowest BCUT2D eigenvalue weighted by Gasteiger charge is -2.26. The van der Waals surface area contributed by atoms with Crippen LogP contribution in [0.15, 0.2) is 66.9 Å². The molecule has 1 saturated heterocycles. The second-order valence-corrected chi connectivity index (χ2v) is 7.66. The number of morpholine rings is 1. The van der Waals surface area contributed by atoms with Gasteiger partial charge in [0.05, 0.1) is 18.8 Å². The van der Waals surface area contributed by atoms with Crippen molar-refractivity contribution in [3.05, 3.63) is 66.9 Å². The van der Waals surface area contributed by atoms with Gasteiger partial charge in [-0.3, -0.25) is 0 Å². The van der Waals surface area contributed by atoms with E-state index in [2.05, 4.69) is 75.7 Å². The van der Waals surface area contributed by atoms with Crippen LogP contribution in [0.3, 0.4) is 0 Å². The maximum atomic E-state index is 8.49. The third kappa shape index (κ3) is 5.98. The Bertz CT molecular complexity index is 859. The van der Waals surface area contributed by atoms with Gasteiger partial charge in [-0.05, 0) is 5.56 Å². The second kappa shape index (κ2) is 9.44. The number of aromatic nitrogens is 1. The highest BCUT2D eigenvalue weighted by Gasteiger charge is 2.25. The van der Waals surface area contributed by atoms with Gasteiger partial charge in [0.25, 0.3) is 0 Å². The zero-order chi connectivity index (χ0) is 20.0. The molecule has 0 bridgehead atoms. The van der Waals surface area contributed by atoms with Crippen LogP contribution in [-0.2, 0) is 4.74 Å². The fourth-order valence-corrected chi connectivity index (χ4v) is 3.99. The van der Waals surface area contributed by atoms with Crippen LogP contribution >= 0.6 is 11.5 Å². The fourth-order valence-electron chi connectivity index (χ4n) is 2.85. The summed E-state index contributed by atoms with van der Waals surface area (Å²) in [6, 6.07) is 21.1. The van der Waals surface area contributed by atoms with E-state index in [1.165, 1.54) is 21.8 Å². The van der Waals surface area contributed by atoms with Crippen LogP contribution < -0.4 is 27.5 Å². The third-order valence-electron chi connectivity index (χ3n) is 4.06. The summed E-state index contributed by atoms with van der Waals surface area (Å²) in [5.74, 6) is 0. The van der Waals surface area contributed by atoms with Crippen LogP contribution in [-0.4, -0.2) is 26.3 Å². The number of anilines is 1. The Morgan fingerprint density at radius 3 is 1.96 bits per heavy atom. The molecule has 1 aromatic heterocycles. The molecule has 7 nitrogen and oxygen atoms in total. The molecular weight excluding hydrogens is 404 g/mol. The van der Waals surface area contributed by atoms with Gasteiger partial charge < -0.3 is 9.64 Å². The fraction of sp³-hybridized carbons (Fsp3) is 0.211. The zero-order valence-corrected chi connectivity index (χ0v) is 16.5. The molecule has 1 aliphatic heterocycles. The molecule has 0 saturated carbocycles. The molecule has 0 unspecified atom stereocenters. The molecule has 0 radical (unpaired) electrons. The highest BCUT2D eigenvalue weighted by atomic mass is 35.7. The van der Waals surface area contributed by atoms with Gasteiger partial charge in [-0.2, -0.15) is 0 Å². The molecule has 0 aliphatic carbocycles. The number of ether oxygens (including phenoxy) is 1. The normalized spacial score (nSPS) is 14.4. The summed E-state index contributed by atoms with van der Waals surface area (Å²) < 4.78 is 41.7. The molecule has 28 heavy (non-hydrogen) atoms. The molecule has 148 valence electrons. The summed E-state index contributed by atoms with van der Waals surface area (Å²) >= 11 is 1.80. The number of halogens is 1. The lowest BCUT2D eigenvalue weighted by atomic mass is 10.1. The average molecular weight is 423 g/mol. The summed E-state index contributed by atoms with van der Waals surface area (Å²) in [6.07, 6.45) is 2.25. The number of nitrogens with zero attached hydrogens (tertiary/aromatic N) is 2. The maximum absolute atomic E-state index is 8.49. The number of benzene rings is 2. The first-order valence-electron chi connectivity index (χ1n) is 8.53. The Labute approximate surface area is 169 Å². The lowest BCUT2D eigenvalue weighted by molar-refractivity contribution is -2.00. The number of rotatable bonds is 3. The summed E-state index contributed by atoms with van der Waals surface area (Å²) in [5.41, 5.74) is 3.76. The van der Waals surface area contributed by atoms with Crippen LogP contribution in [0.2, 0.25) is 0 Å². The van der Waals surface area contributed by atoms with Gasteiger partial charge in [0.1, 0.15) is 0 Å².